The molecule has 0 bridgehead atoms. The third-order valence-electron chi connectivity index (χ3n) is 3.78. The molecular formula is C17H26O6. The number of hydrogen-bond acceptors (Lipinski definition) is 6. The standard InChI is InChI=1S/C17H26O6/c1-5-9-11-10-12(15(18)21-6-2)14(17(20)23-8-4)13(11)16(19)22-7-3/h10-11,13-14H,5-9H2,1-4H3/t11-,13+,14+/m0/s1. The van der Waals surface area contributed by atoms with Crippen LogP contribution in [0, 0.1) is 17.8 Å². The predicted molar refractivity (Wildman–Crippen MR) is 83.4 cm³/mol. The van der Waals surface area contributed by atoms with Gasteiger partial charge in [0, 0.05) is 5.57 Å². The van der Waals surface area contributed by atoms with Gasteiger partial charge < -0.3 is 14.2 Å². The highest BCUT2D eigenvalue weighted by Crippen LogP contribution is 2.41. The SMILES string of the molecule is CCC[C@H]1C=C(C(=O)OCC)[C@@H](C(=O)OCC)[C@@H]1C(=O)OCC. The fourth-order valence-electron chi connectivity index (χ4n) is 2.94. The largest absolute Gasteiger partial charge is 0.466 e. The van der Waals surface area contributed by atoms with Crippen molar-refractivity contribution in [3.63, 3.8) is 0 Å². The van der Waals surface area contributed by atoms with Crippen molar-refractivity contribution >= 4 is 17.9 Å². The molecule has 0 N–H and O–H groups in total. The van der Waals surface area contributed by atoms with Crippen molar-refractivity contribution in [2.75, 3.05) is 19.8 Å². The summed E-state index contributed by atoms with van der Waals surface area (Å²) >= 11 is 0. The molecule has 0 amide bonds. The quantitative estimate of drug-likeness (QED) is 0.503. The van der Waals surface area contributed by atoms with Gasteiger partial charge in [0.1, 0.15) is 5.92 Å². The van der Waals surface area contributed by atoms with E-state index in [1.165, 1.54) is 0 Å². The Morgan fingerprint density at radius 1 is 0.913 bits per heavy atom. The average Bonchev–Trinajstić information content (AvgIpc) is 2.88. The molecule has 1 aliphatic carbocycles. The number of hydrogen-bond donors (Lipinski definition) is 0. The van der Waals surface area contributed by atoms with Crippen LogP contribution in [0.4, 0.5) is 0 Å². The second-order valence-electron chi connectivity index (χ2n) is 5.30. The summed E-state index contributed by atoms with van der Waals surface area (Å²) in [5.41, 5.74) is 0.210. The molecule has 6 nitrogen and oxygen atoms in total. The summed E-state index contributed by atoms with van der Waals surface area (Å²) in [5, 5.41) is 0. The fraction of sp³-hybridized carbons (Fsp3) is 0.706. The first-order valence-electron chi connectivity index (χ1n) is 8.23. The first-order valence-corrected chi connectivity index (χ1v) is 8.23. The molecule has 0 aromatic heterocycles. The highest BCUT2D eigenvalue weighted by Gasteiger charge is 2.49. The van der Waals surface area contributed by atoms with Gasteiger partial charge in [-0.15, -0.1) is 0 Å². The molecule has 0 radical (unpaired) electrons. The third kappa shape index (κ3) is 4.56. The Morgan fingerprint density at radius 3 is 2.00 bits per heavy atom. The van der Waals surface area contributed by atoms with E-state index in [4.69, 9.17) is 14.2 Å². The number of rotatable bonds is 8. The lowest BCUT2D eigenvalue weighted by atomic mass is 9.84. The van der Waals surface area contributed by atoms with E-state index in [2.05, 4.69) is 0 Å². The van der Waals surface area contributed by atoms with Crippen LogP contribution in [-0.4, -0.2) is 37.7 Å². The van der Waals surface area contributed by atoms with Crippen molar-refractivity contribution in [1.29, 1.82) is 0 Å². The van der Waals surface area contributed by atoms with E-state index >= 15 is 0 Å². The number of ether oxygens (including phenoxy) is 3. The second kappa shape index (κ2) is 9.33. The van der Waals surface area contributed by atoms with Crippen LogP contribution < -0.4 is 0 Å². The Morgan fingerprint density at radius 2 is 1.48 bits per heavy atom. The predicted octanol–water partition coefficient (Wildman–Crippen LogP) is 2.26. The number of allylic oxidation sites excluding steroid dienone is 1. The van der Waals surface area contributed by atoms with Gasteiger partial charge in [0.2, 0.25) is 0 Å². The van der Waals surface area contributed by atoms with E-state index in [1.54, 1.807) is 26.8 Å². The van der Waals surface area contributed by atoms with Crippen molar-refractivity contribution in [1.82, 2.24) is 0 Å². The fourth-order valence-corrected chi connectivity index (χ4v) is 2.94. The lowest BCUT2D eigenvalue weighted by Gasteiger charge is -2.23. The number of carbonyl (C=O) groups excluding carboxylic acids is 3. The maximum absolute atomic E-state index is 12.4. The van der Waals surface area contributed by atoms with Crippen LogP contribution in [0.1, 0.15) is 40.5 Å². The van der Waals surface area contributed by atoms with Crippen LogP contribution in [0.15, 0.2) is 11.6 Å². The van der Waals surface area contributed by atoms with Gasteiger partial charge >= 0.3 is 17.9 Å². The molecule has 0 saturated carbocycles. The van der Waals surface area contributed by atoms with Crippen LogP contribution >= 0.6 is 0 Å². The van der Waals surface area contributed by atoms with Gasteiger partial charge in [-0.1, -0.05) is 19.4 Å². The molecule has 23 heavy (non-hydrogen) atoms. The molecule has 0 spiro atoms. The summed E-state index contributed by atoms with van der Waals surface area (Å²) in [6.07, 6.45) is 3.19. The molecule has 0 aliphatic heterocycles. The first-order chi connectivity index (χ1) is 11.0. The number of esters is 3. The lowest BCUT2D eigenvalue weighted by molar-refractivity contribution is -0.160. The third-order valence-corrected chi connectivity index (χ3v) is 3.78. The Hall–Kier alpha value is -1.85. The van der Waals surface area contributed by atoms with Gasteiger partial charge in [-0.3, -0.25) is 9.59 Å². The van der Waals surface area contributed by atoms with Crippen LogP contribution in [0.5, 0.6) is 0 Å². The van der Waals surface area contributed by atoms with Crippen molar-refractivity contribution in [2.24, 2.45) is 17.8 Å². The molecule has 1 rings (SSSR count). The second-order valence-corrected chi connectivity index (χ2v) is 5.30. The van der Waals surface area contributed by atoms with E-state index in [0.717, 1.165) is 6.42 Å². The molecule has 1 aliphatic rings. The van der Waals surface area contributed by atoms with Gasteiger partial charge in [-0.05, 0) is 33.1 Å². The van der Waals surface area contributed by atoms with Gasteiger partial charge in [0.25, 0.3) is 0 Å². The van der Waals surface area contributed by atoms with Crippen molar-refractivity contribution in [3.05, 3.63) is 11.6 Å². The highest BCUT2D eigenvalue weighted by atomic mass is 16.5. The molecule has 0 saturated heterocycles. The maximum atomic E-state index is 12.4. The van der Waals surface area contributed by atoms with E-state index in [9.17, 15) is 14.4 Å². The molecule has 0 heterocycles. The molecule has 0 unspecified atom stereocenters. The normalized spacial score (nSPS) is 23.1. The minimum Gasteiger partial charge on any atom is -0.466 e. The zero-order chi connectivity index (χ0) is 17.4. The topological polar surface area (TPSA) is 78.9 Å². The summed E-state index contributed by atoms with van der Waals surface area (Å²) < 4.78 is 15.2. The van der Waals surface area contributed by atoms with Gasteiger partial charge in [-0.25, -0.2) is 4.79 Å². The molecule has 0 aromatic rings. The summed E-state index contributed by atoms with van der Waals surface area (Å²) in [7, 11) is 0. The van der Waals surface area contributed by atoms with Crippen LogP contribution in [-0.2, 0) is 28.6 Å². The summed E-state index contributed by atoms with van der Waals surface area (Å²) in [6.45, 7) is 7.67. The van der Waals surface area contributed by atoms with Gasteiger partial charge in [0.05, 0.1) is 25.7 Å². The van der Waals surface area contributed by atoms with E-state index in [1.807, 2.05) is 6.92 Å². The van der Waals surface area contributed by atoms with E-state index < -0.39 is 29.7 Å². The molecule has 3 atom stereocenters. The Kier molecular flexibility index (Phi) is 7.78. The van der Waals surface area contributed by atoms with Crippen LogP contribution in [0.2, 0.25) is 0 Å². The summed E-state index contributed by atoms with van der Waals surface area (Å²) in [6, 6.07) is 0. The van der Waals surface area contributed by atoms with Crippen molar-refractivity contribution in [3.8, 4) is 0 Å². The zero-order valence-electron chi connectivity index (χ0n) is 14.3. The van der Waals surface area contributed by atoms with Crippen LogP contribution in [0.25, 0.3) is 0 Å². The number of carbonyl (C=O) groups is 3. The van der Waals surface area contributed by atoms with Gasteiger partial charge in [-0.2, -0.15) is 0 Å². The maximum Gasteiger partial charge on any atom is 0.334 e. The lowest BCUT2D eigenvalue weighted by Crippen LogP contribution is -2.35. The minimum absolute atomic E-state index is 0.180. The van der Waals surface area contributed by atoms with E-state index in [-0.39, 0.29) is 31.3 Å². The summed E-state index contributed by atoms with van der Waals surface area (Å²) in [5.74, 6) is -3.53. The molecule has 0 aromatic carbocycles. The van der Waals surface area contributed by atoms with Crippen molar-refractivity contribution < 1.29 is 28.6 Å². The zero-order valence-corrected chi connectivity index (χ0v) is 14.3. The molecule has 6 heteroatoms. The minimum atomic E-state index is -0.954. The first kappa shape index (κ1) is 19.2. The van der Waals surface area contributed by atoms with E-state index in [0.29, 0.717) is 6.42 Å². The van der Waals surface area contributed by atoms with Crippen LogP contribution in [0.3, 0.4) is 0 Å². The Labute approximate surface area is 137 Å². The van der Waals surface area contributed by atoms with Crippen molar-refractivity contribution in [2.45, 2.75) is 40.5 Å². The smallest absolute Gasteiger partial charge is 0.334 e. The monoisotopic (exact) mass is 326 g/mol. The molecule has 130 valence electrons. The Bertz CT molecular complexity index is 468. The van der Waals surface area contributed by atoms with Gasteiger partial charge in [0.15, 0.2) is 0 Å². The summed E-state index contributed by atoms with van der Waals surface area (Å²) in [4.78, 5) is 36.9. The Balaban J connectivity index is 3.19. The average molecular weight is 326 g/mol. The molecular weight excluding hydrogens is 300 g/mol. The highest BCUT2D eigenvalue weighted by molar-refractivity contribution is 5.99. The molecule has 0 fully saturated rings.